The average Bonchev–Trinajstić information content (AvgIpc) is 1.97. The number of hydrogen-bond acceptors (Lipinski definition) is 1. The fourth-order valence-corrected chi connectivity index (χ4v) is 1.60. The van der Waals surface area contributed by atoms with Crippen molar-refractivity contribution >= 4 is 5.91 Å². The molecule has 0 aromatic heterocycles. The molecule has 2 heteroatoms. The van der Waals surface area contributed by atoms with Gasteiger partial charge in [0.2, 0.25) is 5.91 Å². The summed E-state index contributed by atoms with van der Waals surface area (Å²) in [7, 11) is 0. The van der Waals surface area contributed by atoms with Crippen LogP contribution in [0.2, 0.25) is 0 Å². The van der Waals surface area contributed by atoms with Crippen molar-refractivity contribution in [2.45, 2.75) is 79.2 Å². The van der Waals surface area contributed by atoms with Crippen LogP contribution in [0.4, 0.5) is 0 Å². The van der Waals surface area contributed by atoms with Gasteiger partial charge in [0.05, 0.1) is 0 Å². The van der Waals surface area contributed by atoms with Gasteiger partial charge in [-0.3, -0.25) is 4.79 Å². The molecule has 16 heavy (non-hydrogen) atoms. The Morgan fingerprint density at radius 2 is 1.50 bits per heavy atom. The molecular weight excluding hydrogens is 198 g/mol. The number of rotatable bonds is 5. The molecule has 0 saturated heterocycles. The van der Waals surface area contributed by atoms with Crippen LogP contribution in [0.15, 0.2) is 0 Å². The van der Waals surface area contributed by atoms with Gasteiger partial charge >= 0.3 is 0 Å². The summed E-state index contributed by atoms with van der Waals surface area (Å²) in [6.07, 6.45) is 5.31. The van der Waals surface area contributed by atoms with Crippen molar-refractivity contribution in [3.63, 3.8) is 0 Å². The van der Waals surface area contributed by atoms with E-state index in [1.54, 1.807) is 0 Å². The minimum atomic E-state index is -0.0947. The van der Waals surface area contributed by atoms with E-state index in [1.165, 1.54) is 12.8 Å². The smallest absolute Gasteiger partial charge is 0.220 e. The Bertz CT molecular complexity index is 208. The van der Waals surface area contributed by atoms with Crippen LogP contribution >= 0.6 is 0 Å². The maximum atomic E-state index is 11.5. The van der Waals surface area contributed by atoms with Gasteiger partial charge < -0.3 is 5.32 Å². The number of carbonyl (C=O) groups excluding carboxylic acids is 1. The lowest BCUT2D eigenvalue weighted by Crippen LogP contribution is -2.40. The van der Waals surface area contributed by atoms with E-state index in [0.29, 0.717) is 11.8 Å². The lowest BCUT2D eigenvalue weighted by Gasteiger charge is -2.20. The Labute approximate surface area is 101 Å². The van der Waals surface area contributed by atoms with Gasteiger partial charge in [0.15, 0.2) is 0 Å². The number of nitrogens with one attached hydrogen (secondary N) is 1. The van der Waals surface area contributed by atoms with Crippen LogP contribution in [0, 0.1) is 5.41 Å². The zero-order valence-corrected chi connectivity index (χ0v) is 11.9. The fourth-order valence-electron chi connectivity index (χ4n) is 1.60. The second kappa shape index (κ2) is 6.27. The van der Waals surface area contributed by atoms with Crippen LogP contribution < -0.4 is 5.32 Å². The second-order valence-corrected chi connectivity index (χ2v) is 6.92. The molecule has 0 spiro atoms. The summed E-state index contributed by atoms with van der Waals surface area (Å²) in [5, 5.41) is 2.99. The van der Waals surface area contributed by atoms with E-state index in [4.69, 9.17) is 0 Å². The Morgan fingerprint density at radius 3 is 1.94 bits per heavy atom. The molecule has 0 aromatic carbocycles. The minimum absolute atomic E-state index is 0.0947. The second-order valence-electron chi connectivity index (χ2n) is 6.92. The molecule has 0 saturated carbocycles. The van der Waals surface area contributed by atoms with Crippen molar-refractivity contribution in [1.29, 1.82) is 0 Å². The summed E-state index contributed by atoms with van der Waals surface area (Å²) in [6.45, 7) is 12.8. The van der Waals surface area contributed by atoms with E-state index in [9.17, 15) is 4.79 Å². The minimum Gasteiger partial charge on any atom is -0.352 e. The molecule has 0 aliphatic heterocycles. The molecule has 0 heterocycles. The van der Waals surface area contributed by atoms with Gasteiger partial charge in [-0.15, -0.1) is 0 Å². The third-order valence-electron chi connectivity index (χ3n) is 2.35. The van der Waals surface area contributed by atoms with E-state index >= 15 is 0 Å². The molecule has 1 N–H and O–H groups in total. The molecule has 0 aromatic rings. The first-order chi connectivity index (χ1) is 7.10. The van der Waals surface area contributed by atoms with Gasteiger partial charge in [0.1, 0.15) is 0 Å². The standard InChI is InChI=1S/C14H29NO/c1-13(2,3)11-9-7-8-10-12(16)15-14(4,5)6/h7-11H2,1-6H3,(H,15,16). The van der Waals surface area contributed by atoms with Gasteiger partial charge in [-0.25, -0.2) is 0 Å². The maximum absolute atomic E-state index is 11.5. The van der Waals surface area contributed by atoms with Gasteiger partial charge in [-0.05, 0) is 39.0 Å². The van der Waals surface area contributed by atoms with Crippen molar-refractivity contribution in [2.75, 3.05) is 0 Å². The molecule has 0 fully saturated rings. The Balaban J connectivity index is 3.50. The zero-order valence-electron chi connectivity index (χ0n) is 11.9. The van der Waals surface area contributed by atoms with Crippen molar-refractivity contribution in [3.05, 3.63) is 0 Å². The van der Waals surface area contributed by atoms with Gasteiger partial charge in [0.25, 0.3) is 0 Å². The molecule has 0 radical (unpaired) electrons. The highest BCUT2D eigenvalue weighted by Gasteiger charge is 2.13. The summed E-state index contributed by atoms with van der Waals surface area (Å²) in [5.74, 6) is 0.184. The largest absolute Gasteiger partial charge is 0.352 e. The Morgan fingerprint density at radius 1 is 0.938 bits per heavy atom. The van der Waals surface area contributed by atoms with Crippen LogP contribution in [-0.2, 0) is 4.79 Å². The van der Waals surface area contributed by atoms with E-state index in [1.807, 2.05) is 20.8 Å². The van der Waals surface area contributed by atoms with Gasteiger partial charge in [-0.2, -0.15) is 0 Å². The summed E-state index contributed by atoms with van der Waals surface area (Å²) in [5.41, 5.74) is 0.330. The van der Waals surface area contributed by atoms with Crippen molar-refractivity contribution in [1.82, 2.24) is 5.32 Å². The highest BCUT2D eigenvalue weighted by Crippen LogP contribution is 2.22. The summed E-state index contributed by atoms with van der Waals surface area (Å²) < 4.78 is 0. The first-order valence-electron chi connectivity index (χ1n) is 6.41. The first kappa shape index (κ1) is 15.5. The zero-order chi connectivity index (χ0) is 12.8. The predicted octanol–water partition coefficient (Wildman–Crippen LogP) is 3.90. The third kappa shape index (κ3) is 11.5. The molecule has 0 aliphatic carbocycles. The predicted molar refractivity (Wildman–Crippen MR) is 70.4 cm³/mol. The monoisotopic (exact) mass is 227 g/mol. The molecule has 0 unspecified atom stereocenters. The van der Waals surface area contributed by atoms with E-state index in [2.05, 4.69) is 26.1 Å². The van der Waals surface area contributed by atoms with Crippen LogP contribution in [0.25, 0.3) is 0 Å². The SMILES string of the molecule is CC(C)(C)CCCCCC(=O)NC(C)(C)C. The van der Waals surface area contributed by atoms with E-state index in [0.717, 1.165) is 12.8 Å². The fraction of sp³-hybridized carbons (Fsp3) is 0.929. The van der Waals surface area contributed by atoms with Gasteiger partial charge in [0, 0.05) is 12.0 Å². The molecule has 2 nitrogen and oxygen atoms in total. The van der Waals surface area contributed by atoms with Crippen LogP contribution in [0.3, 0.4) is 0 Å². The summed E-state index contributed by atoms with van der Waals surface area (Å²) in [6, 6.07) is 0. The molecular formula is C14H29NO. The lowest BCUT2D eigenvalue weighted by molar-refractivity contribution is -0.122. The van der Waals surface area contributed by atoms with Crippen LogP contribution in [0.5, 0.6) is 0 Å². The van der Waals surface area contributed by atoms with Crippen LogP contribution in [0.1, 0.15) is 73.6 Å². The van der Waals surface area contributed by atoms with Crippen LogP contribution in [-0.4, -0.2) is 11.4 Å². The van der Waals surface area contributed by atoms with Crippen molar-refractivity contribution in [2.24, 2.45) is 5.41 Å². The van der Waals surface area contributed by atoms with Gasteiger partial charge in [-0.1, -0.05) is 33.6 Å². The van der Waals surface area contributed by atoms with E-state index in [-0.39, 0.29) is 11.4 Å². The molecule has 0 bridgehead atoms. The number of hydrogen-bond donors (Lipinski definition) is 1. The molecule has 0 atom stereocenters. The Kier molecular flexibility index (Phi) is 6.06. The normalized spacial score (nSPS) is 12.6. The number of amides is 1. The third-order valence-corrected chi connectivity index (χ3v) is 2.35. The average molecular weight is 227 g/mol. The highest BCUT2D eigenvalue weighted by molar-refractivity contribution is 5.76. The lowest BCUT2D eigenvalue weighted by atomic mass is 9.89. The maximum Gasteiger partial charge on any atom is 0.220 e. The van der Waals surface area contributed by atoms with Crippen molar-refractivity contribution in [3.8, 4) is 0 Å². The van der Waals surface area contributed by atoms with E-state index < -0.39 is 0 Å². The number of carbonyl (C=O) groups is 1. The number of unbranched alkanes of at least 4 members (excludes halogenated alkanes) is 2. The topological polar surface area (TPSA) is 29.1 Å². The Hall–Kier alpha value is -0.530. The molecule has 1 amide bonds. The molecule has 0 rings (SSSR count). The molecule has 0 aliphatic rings. The summed E-state index contributed by atoms with van der Waals surface area (Å²) in [4.78, 5) is 11.5. The van der Waals surface area contributed by atoms with Crippen molar-refractivity contribution < 1.29 is 4.79 Å². The highest BCUT2D eigenvalue weighted by atomic mass is 16.1. The quantitative estimate of drug-likeness (QED) is 0.709. The summed E-state index contributed by atoms with van der Waals surface area (Å²) >= 11 is 0. The molecule has 96 valence electrons. The first-order valence-corrected chi connectivity index (χ1v) is 6.41.